The number of halogens is 1. The molecule has 1 amide bonds. The Morgan fingerprint density at radius 3 is 2.73 bits per heavy atom. The maximum Gasteiger partial charge on any atom is 0.222 e. The SMILES string of the molecule is CC(=O)NC1=NC2=C(CN(c3ccc(F)cc3)C=C2)C(=O)C1. The number of benzene rings is 1. The number of carbonyl (C=O) groups excluding carboxylic acids is 2. The van der Waals surface area contributed by atoms with Gasteiger partial charge in [-0.15, -0.1) is 0 Å². The Hall–Kier alpha value is -2.76. The molecule has 0 aromatic heterocycles. The van der Waals surface area contributed by atoms with Crippen LogP contribution < -0.4 is 10.2 Å². The summed E-state index contributed by atoms with van der Waals surface area (Å²) in [5.74, 6) is -0.243. The van der Waals surface area contributed by atoms with E-state index in [1.807, 2.05) is 4.90 Å². The van der Waals surface area contributed by atoms with Gasteiger partial charge in [0.2, 0.25) is 5.91 Å². The molecule has 0 spiro atoms. The van der Waals surface area contributed by atoms with E-state index in [0.29, 0.717) is 23.7 Å². The van der Waals surface area contributed by atoms with Gasteiger partial charge < -0.3 is 10.2 Å². The Morgan fingerprint density at radius 1 is 1.32 bits per heavy atom. The Labute approximate surface area is 126 Å². The van der Waals surface area contributed by atoms with Crippen LogP contribution in [0.25, 0.3) is 0 Å². The Balaban J connectivity index is 1.84. The highest BCUT2D eigenvalue weighted by Crippen LogP contribution is 2.26. The second-order valence-electron chi connectivity index (χ2n) is 5.12. The van der Waals surface area contributed by atoms with Crippen LogP contribution in [-0.4, -0.2) is 24.1 Å². The molecule has 22 heavy (non-hydrogen) atoms. The molecule has 2 aliphatic heterocycles. The molecule has 0 aliphatic carbocycles. The van der Waals surface area contributed by atoms with Crippen molar-refractivity contribution in [3.8, 4) is 0 Å². The largest absolute Gasteiger partial charge is 0.343 e. The van der Waals surface area contributed by atoms with Gasteiger partial charge in [-0.2, -0.15) is 0 Å². The molecule has 0 saturated heterocycles. The summed E-state index contributed by atoms with van der Waals surface area (Å²) in [6.45, 7) is 1.76. The Kier molecular flexibility index (Phi) is 3.58. The molecule has 0 unspecified atom stereocenters. The van der Waals surface area contributed by atoms with Gasteiger partial charge in [0.15, 0.2) is 5.78 Å². The number of amides is 1. The number of anilines is 1. The van der Waals surface area contributed by atoms with Crippen molar-refractivity contribution in [3.05, 3.63) is 53.6 Å². The lowest BCUT2D eigenvalue weighted by Crippen LogP contribution is -2.36. The molecule has 112 valence electrons. The van der Waals surface area contributed by atoms with Crippen molar-refractivity contribution < 1.29 is 14.0 Å². The number of Topliss-reactive ketones (excluding diaryl/α,β-unsaturated/α-hetero) is 1. The molecule has 1 N–H and O–H groups in total. The fraction of sp³-hybridized carbons (Fsp3) is 0.188. The summed E-state index contributed by atoms with van der Waals surface area (Å²) in [5.41, 5.74) is 1.97. The second-order valence-corrected chi connectivity index (χ2v) is 5.12. The third kappa shape index (κ3) is 2.81. The molecule has 2 aliphatic rings. The van der Waals surface area contributed by atoms with Crippen LogP contribution in [0.2, 0.25) is 0 Å². The second kappa shape index (κ2) is 5.55. The van der Waals surface area contributed by atoms with E-state index in [2.05, 4.69) is 10.3 Å². The van der Waals surface area contributed by atoms with Gasteiger partial charge in [0.1, 0.15) is 11.7 Å². The van der Waals surface area contributed by atoms with E-state index in [9.17, 15) is 14.0 Å². The van der Waals surface area contributed by atoms with Gasteiger partial charge in [0, 0.05) is 24.4 Å². The number of rotatable bonds is 1. The van der Waals surface area contributed by atoms with E-state index in [4.69, 9.17) is 0 Å². The molecular formula is C16H14FN3O2. The van der Waals surface area contributed by atoms with Crippen LogP contribution in [0.3, 0.4) is 0 Å². The zero-order valence-corrected chi connectivity index (χ0v) is 12.0. The highest BCUT2D eigenvalue weighted by Gasteiger charge is 2.26. The molecule has 0 bridgehead atoms. The minimum atomic E-state index is -0.303. The van der Waals surface area contributed by atoms with Crippen LogP contribution in [0.15, 0.2) is 52.8 Å². The normalized spacial score (nSPS) is 17.3. The molecule has 6 heteroatoms. The first-order valence-corrected chi connectivity index (χ1v) is 6.85. The standard InChI is InChI=1S/C16H14FN3O2/c1-10(21)18-16-8-15(22)13-9-20(7-6-14(13)19-16)12-4-2-11(17)3-5-12/h2-7H,8-9H2,1H3,(H,18,19,21). The summed E-state index contributed by atoms with van der Waals surface area (Å²) >= 11 is 0. The number of amidine groups is 1. The molecule has 3 rings (SSSR count). The molecule has 2 heterocycles. The zero-order valence-electron chi connectivity index (χ0n) is 12.0. The number of nitrogens with zero attached hydrogens (tertiary/aromatic N) is 2. The van der Waals surface area contributed by atoms with Crippen molar-refractivity contribution in [3.63, 3.8) is 0 Å². The number of allylic oxidation sites excluding steroid dienone is 1. The van der Waals surface area contributed by atoms with Gasteiger partial charge in [0.25, 0.3) is 0 Å². The zero-order chi connectivity index (χ0) is 15.7. The van der Waals surface area contributed by atoms with Gasteiger partial charge in [-0.1, -0.05) is 0 Å². The first kappa shape index (κ1) is 14.2. The van der Waals surface area contributed by atoms with E-state index in [1.165, 1.54) is 19.1 Å². The first-order valence-electron chi connectivity index (χ1n) is 6.85. The lowest BCUT2D eigenvalue weighted by atomic mass is 9.99. The molecule has 5 nitrogen and oxygen atoms in total. The fourth-order valence-electron chi connectivity index (χ4n) is 2.43. The highest BCUT2D eigenvalue weighted by atomic mass is 19.1. The fourth-order valence-corrected chi connectivity index (χ4v) is 2.43. The van der Waals surface area contributed by atoms with Gasteiger partial charge in [0.05, 0.1) is 18.7 Å². The molecular weight excluding hydrogens is 285 g/mol. The predicted molar refractivity (Wildman–Crippen MR) is 80.8 cm³/mol. The monoisotopic (exact) mass is 299 g/mol. The van der Waals surface area contributed by atoms with Crippen molar-refractivity contribution in [1.29, 1.82) is 0 Å². The van der Waals surface area contributed by atoms with E-state index in [0.717, 1.165) is 5.69 Å². The van der Waals surface area contributed by atoms with Crippen molar-refractivity contribution in [2.45, 2.75) is 13.3 Å². The van der Waals surface area contributed by atoms with Crippen molar-refractivity contribution in [2.75, 3.05) is 11.4 Å². The topological polar surface area (TPSA) is 61.8 Å². The smallest absolute Gasteiger partial charge is 0.222 e. The summed E-state index contributed by atoms with van der Waals surface area (Å²) < 4.78 is 13.0. The lowest BCUT2D eigenvalue weighted by molar-refractivity contribution is -0.117. The maximum absolute atomic E-state index is 13.0. The Bertz CT molecular complexity index is 732. The number of nitrogens with one attached hydrogen (secondary N) is 1. The van der Waals surface area contributed by atoms with Gasteiger partial charge in [-0.3, -0.25) is 9.59 Å². The third-order valence-electron chi connectivity index (χ3n) is 3.45. The van der Waals surface area contributed by atoms with Crippen LogP contribution in [0.1, 0.15) is 13.3 Å². The molecule has 0 radical (unpaired) electrons. The van der Waals surface area contributed by atoms with Gasteiger partial charge >= 0.3 is 0 Å². The highest BCUT2D eigenvalue weighted by molar-refractivity contribution is 6.15. The average Bonchev–Trinajstić information content (AvgIpc) is 2.47. The molecule has 0 fully saturated rings. The minimum Gasteiger partial charge on any atom is -0.343 e. The third-order valence-corrected chi connectivity index (χ3v) is 3.45. The summed E-state index contributed by atoms with van der Waals surface area (Å²) in [5, 5.41) is 2.56. The molecule has 1 aromatic carbocycles. The summed E-state index contributed by atoms with van der Waals surface area (Å²) in [6.07, 6.45) is 3.60. The number of hydrogen-bond acceptors (Lipinski definition) is 4. The summed E-state index contributed by atoms with van der Waals surface area (Å²) in [6, 6.07) is 6.07. The van der Waals surface area contributed by atoms with E-state index >= 15 is 0 Å². The lowest BCUT2D eigenvalue weighted by Gasteiger charge is -2.28. The first-order chi connectivity index (χ1) is 10.5. The predicted octanol–water partition coefficient (Wildman–Crippen LogP) is 1.92. The maximum atomic E-state index is 13.0. The number of aliphatic imine (C=N–C) groups is 1. The van der Waals surface area contributed by atoms with Crippen molar-refractivity contribution >= 4 is 23.2 Å². The van der Waals surface area contributed by atoms with Crippen LogP contribution in [0, 0.1) is 5.82 Å². The molecule has 0 saturated carbocycles. The molecule has 0 atom stereocenters. The van der Waals surface area contributed by atoms with Crippen LogP contribution in [-0.2, 0) is 9.59 Å². The quantitative estimate of drug-likeness (QED) is 0.862. The van der Waals surface area contributed by atoms with Crippen LogP contribution in [0.4, 0.5) is 10.1 Å². The number of ketones is 1. The minimum absolute atomic E-state index is 0.0646. The van der Waals surface area contributed by atoms with Crippen molar-refractivity contribution in [1.82, 2.24) is 5.32 Å². The molecule has 1 aromatic rings. The average molecular weight is 299 g/mol. The number of carbonyl (C=O) groups is 2. The number of hydrogen-bond donors (Lipinski definition) is 1. The van der Waals surface area contributed by atoms with Gasteiger partial charge in [-0.25, -0.2) is 9.38 Å². The van der Waals surface area contributed by atoms with Crippen molar-refractivity contribution in [2.24, 2.45) is 4.99 Å². The van der Waals surface area contributed by atoms with Crippen LogP contribution in [0.5, 0.6) is 0 Å². The Morgan fingerprint density at radius 2 is 2.05 bits per heavy atom. The van der Waals surface area contributed by atoms with Gasteiger partial charge in [-0.05, 0) is 30.3 Å². The summed E-state index contributed by atoms with van der Waals surface area (Å²) in [7, 11) is 0. The van der Waals surface area contributed by atoms with E-state index in [-0.39, 0.29) is 23.9 Å². The van der Waals surface area contributed by atoms with Crippen LogP contribution >= 0.6 is 0 Å². The summed E-state index contributed by atoms with van der Waals surface area (Å²) in [4.78, 5) is 29.5. The van der Waals surface area contributed by atoms with E-state index in [1.54, 1.807) is 24.4 Å². The van der Waals surface area contributed by atoms with E-state index < -0.39 is 0 Å².